The summed E-state index contributed by atoms with van der Waals surface area (Å²) in [4.78, 5) is 44.4. The Hall–Kier alpha value is -4.80. The number of rotatable bonds is 13. The molecule has 4 rings (SSSR count). The van der Waals surface area contributed by atoms with Crippen LogP contribution in [-0.2, 0) is 20.1 Å². The number of hydrogen-bond acceptors (Lipinski definition) is 6. The van der Waals surface area contributed by atoms with E-state index in [9.17, 15) is 19.5 Å². The number of nitrogens with one attached hydrogen (secondary N) is 2. The van der Waals surface area contributed by atoms with Crippen molar-refractivity contribution in [3.8, 4) is 0 Å². The molecule has 3 amide bonds. The molecular weight excluding hydrogens is 651 g/mol. The molecule has 3 N–H and O–H groups in total. The minimum Gasteiger partial charge on any atom is -0.465 e. The maximum Gasteiger partial charge on any atom is 0.431 e. The molecule has 264 valence electrons. The molecule has 0 saturated carbocycles. The molecule has 0 unspecified atom stereocenters. The van der Waals surface area contributed by atoms with Crippen LogP contribution in [0.5, 0.6) is 0 Å². The highest BCUT2D eigenvalue weighted by molar-refractivity contribution is 7.99. The second-order valence-electron chi connectivity index (χ2n) is 13.8. The van der Waals surface area contributed by atoms with Gasteiger partial charge in [-0.05, 0) is 82.3 Å². The number of amides is 3. The van der Waals surface area contributed by atoms with Crippen molar-refractivity contribution < 1.29 is 29.1 Å². The lowest BCUT2D eigenvalue weighted by atomic mass is 9.84. The van der Waals surface area contributed by atoms with E-state index in [2.05, 4.69) is 47.2 Å². The number of hydrogen-bond donors (Lipinski definition) is 3. The van der Waals surface area contributed by atoms with Crippen LogP contribution in [0.25, 0.3) is 0 Å². The van der Waals surface area contributed by atoms with Crippen molar-refractivity contribution in [1.29, 1.82) is 0 Å². The number of carbonyl (C=O) groups excluding carboxylic acids is 2. The van der Waals surface area contributed by atoms with Crippen molar-refractivity contribution in [2.75, 3.05) is 18.1 Å². The highest BCUT2D eigenvalue weighted by atomic mass is 32.2. The lowest BCUT2D eigenvalue weighted by Gasteiger charge is -2.37. The molecular formula is C40H47N3O6S. The van der Waals surface area contributed by atoms with E-state index < -0.39 is 28.1 Å². The zero-order valence-corrected chi connectivity index (χ0v) is 30.4. The third kappa shape index (κ3) is 9.89. The lowest BCUT2D eigenvalue weighted by Crippen LogP contribution is -2.45. The molecule has 0 aliphatic heterocycles. The molecule has 0 aromatic heterocycles. The second-order valence-corrected chi connectivity index (χ2v) is 15.0. The molecule has 0 radical (unpaired) electrons. The van der Waals surface area contributed by atoms with Crippen molar-refractivity contribution in [3.05, 3.63) is 137 Å². The number of carboxylic acid groups (broad SMARTS) is 1. The monoisotopic (exact) mass is 697 g/mol. The van der Waals surface area contributed by atoms with E-state index in [1.165, 1.54) is 4.90 Å². The van der Waals surface area contributed by atoms with E-state index in [4.69, 9.17) is 9.57 Å². The number of nitrogens with zero attached hydrogens (tertiary/aromatic N) is 1. The first-order valence-electron chi connectivity index (χ1n) is 16.6. The van der Waals surface area contributed by atoms with Gasteiger partial charge in [-0.1, -0.05) is 97.1 Å². The maximum atomic E-state index is 13.3. The van der Waals surface area contributed by atoms with Crippen LogP contribution >= 0.6 is 11.8 Å². The van der Waals surface area contributed by atoms with Gasteiger partial charge in [-0.15, -0.1) is 11.8 Å². The van der Waals surface area contributed by atoms with E-state index in [-0.39, 0.29) is 19.1 Å². The first kappa shape index (κ1) is 38.0. The average molecular weight is 698 g/mol. The topological polar surface area (TPSA) is 117 Å². The third-order valence-electron chi connectivity index (χ3n) is 7.70. The molecule has 0 bridgehead atoms. The van der Waals surface area contributed by atoms with Crippen molar-refractivity contribution in [1.82, 2.24) is 10.8 Å². The van der Waals surface area contributed by atoms with Crippen LogP contribution < -0.4 is 15.7 Å². The average Bonchev–Trinajstić information content (AvgIpc) is 3.07. The SMILES string of the molecule is CC(C)(C)OC(=O)NOCCCNC(=O)c1ccc(CSC(c2ccccc2)(c2ccccc2)c2ccccc2)c(N(C(=O)O)C(C)(C)C)c1. The van der Waals surface area contributed by atoms with Gasteiger partial charge in [0.1, 0.15) is 5.60 Å². The normalized spacial score (nSPS) is 11.8. The van der Waals surface area contributed by atoms with E-state index in [0.29, 0.717) is 23.4 Å². The van der Waals surface area contributed by atoms with Crippen LogP contribution in [0.3, 0.4) is 0 Å². The minimum absolute atomic E-state index is 0.156. The molecule has 0 atom stereocenters. The highest BCUT2D eigenvalue weighted by Crippen LogP contribution is 2.50. The lowest BCUT2D eigenvalue weighted by molar-refractivity contribution is -0.00816. The van der Waals surface area contributed by atoms with Crippen molar-refractivity contribution in [2.45, 2.75) is 69.6 Å². The largest absolute Gasteiger partial charge is 0.465 e. The van der Waals surface area contributed by atoms with Gasteiger partial charge < -0.3 is 15.2 Å². The van der Waals surface area contributed by atoms with Crippen LogP contribution in [-0.4, -0.2) is 47.5 Å². The summed E-state index contributed by atoms with van der Waals surface area (Å²) in [5, 5.41) is 13.3. The summed E-state index contributed by atoms with van der Waals surface area (Å²) in [5.41, 5.74) is 5.61. The second kappa shape index (κ2) is 16.7. The number of hydroxylamine groups is 1. The molecule has 0 heterocycles. The summed E-state index contributed by atoms with van der Waals surface area (Å²) in [5.74, 6) is 0.0922. The van der Waals surface area contributed by atoms with E-state index in [0.717, 1.165) is 22.3 Å². The molecule has 0 spiro atoms. The first-order valence-corrected chi connectivity index (χ1v) is 17.6. The van der Waals surface area contributed by atoms with Gasteiger partial charge in [0.2, 0.25) is 0 Å². The predicted octanol–water partition coefficient (Wildman–Crippen LogP) is 8.77. The van der Waals surface area contributed by atoms with Gasteiger partial charge in [0.25, 0.3) is 5.91 Å². The molecule has 0 fully saturated rings. The zero-order valence-electron chi connectivity index (χ0n) is 29.6. The summed E-state index contributed by atoms with van der Waals surface area (Å²) in [6.07, 6.45) is -1.38. The molecule has 50 heavy (non-hydrogen) atoms. The third-order valence-corrected chi connectivity index (χ3v) is 9.29. The van der Waals surface area contributed by atoms with Gasteiger partial charge in [0, 0.05) is 23.4 Å². The molecule has 0 aliphatic rings. The van der Waals surface area contributed by atoms with E-state index >= 15 is 0 Å². The summed E-state index contributed by atoms with van der Waals surface area (Å²) < 4.78 is 4.51. The Morgan fingerprint density at radius 3 is 1.74 bits per heavy atom. The molecule has 0 aliphatic carbocycles. The van der Waals surface area contributed by atoms with Gasteiger partial charge in [0.05, 0.1) is 17.0 Å². The van der Waals surface area contributed by atoms with Crippen LogP contribution in [0.4, 0.5) is 15.3 Å². The van der Waals surface area contributed by atoms with Crippen LogP contribution in [0, 0.1) is 0 Å². The Labute approximate surface area is 299 Å². The number of ether oxygens (including phenoxy) is 1. The van der Waals surface area contributed by atoms with E-state index in [1.54, 1.807) is 44.7 Å². The van der Waals surface area contributed by atoms with Crippen LogP contribution in [0.2, 0.25) is 0 Å². The summed E-state index contributed by atoms with van der Waals surface area (Å²) in [7, 11) is 0. The number of benzene rings is 4. The van der Waals surface area contributed by atoms with Crippen molar-refractivity contribution >= 4 is 35.5 Å². The fourth-order valence-corrected chi connectivity index (χ4v) is 7.12. The van der Waals surface area contributed by atoms with Crippen LogP contribution in [0.1, 0.15) is 80.6 Å². The van der Waals surface area contributed by atoms with Gasteiger partial charge in [-0.25, -0.2) is 9.59 Å². The van der Waals surface area contributed by atoms with Gasteiger partial charge in [-0.2, -0.15) is 5.48 Å². The predicted molar refractivity (Wildman–Crippen MR) is 199 cm³/mol. The zero-order chi connectivity index (χ0) is 36.4. The smallest absolute Gasteiger partial charge is 0.431 e. The quantitative estimate of drug-likeness (QED) is 0.0727. The van der Waals surface area contributed by atoms with Crippen molar-refractivity contribution in [3.63, 3.8) is 0 Å². The molecule has 4 aromatic carbocycles. The Balaban J connectivity index is 1.63. The first-order chi connectivity index (χ1) is 23.7. The van der Waals surface area contributed by atoms with Gasteiger partial charge >= 0.3 is 12.2 Å². The Bertz CT molecular complexity index is 1620. The molecule has 0 saturated heterocycles. The Morgan fingerprint density at radius 1 is 0.760 bits per heavy atom. The van der Waals surface area contributed by atoms with Gasteiger partial charge in [0.15, 0.2) is 0 Å². The van der Waals surface area contributed by atoms with E-state index in [1.807, 2.05) is 81.4 Å². The Kier molecular flexibility index (Phi) is 12.7. The summed E-state index contributed by atoms with van der Waals surface area (Å²) >= 11 is 1.70. The molecule has 9 nitrogen and oxygen atoms in total. The van der Waals surface area contributed by atoms with Crippen LogP contribution in [0.15, 0.2) is 109 Å². The Morgan fingerprint density at radius 2 is 1.28 bits per heavy atom. The number of anilines is 1. The molecule has 10 heteroatoms. The summed E-state index contributed by atoms with van der Waals surface area (Å²) in [6.45, 7) is 11.2. The fraction of sp³-hybridized carbons (Fsp3) is 0.325. The summed E-state index contributed by atoms with van der Waals surface area (Å²) in [6, 6.07) is 36.2. The standard InChI is InChI=1S/C40H47N3O6S/c1-38(2,3)43(37(46)47)34-27-29(35(44)41-25-16-26-48-42-36(45)49-39(4,5)6)23-24-30(34)28-50-40(31-17-10-7-11-18-31,32-19-12-8-13-20-32)33-21-14-9-15-22-33/h7-15,17-24,27H,16,25-26,28H2,1-6H3,(H,41,44)(H,42,45)(H,46,47). The maximum absolute atomic E-state index is 13.3. The fourth-order valence-electron chi connectivity index (χ4n) is 5.60. The van der Waals surface area contributed by atoms with Gasteiger partial charge in [-0.3, -0.25) is 14.5 Å². The highest BCUT2D eigenvalue weighted by Gasteiger charge is 2.38. The number of thioether (sulfide) groups is 1. The molecule has 4 aromatic rings. The minimum atomic E-state index is -1.11. The van der Waals surface area contributed by atoms with Crippen molar-refractivity contribution in [2.24, 2.45) is 0 Å². The number of carbonyl (C=O) groups is 3.